The van der Waals surface area contributed by atoms with Crippen molar-refractivity contribution in [3.8, 4) is 0 Å². The van der Waals surface area contributed by atoms with E-state index in [1.54, 1.807) is 51.9 Å². The lowest BCUT2D eigenvalue weighted by Crippen LogP contribution is -2.51. The third kappa shape index (κ3) is 7.33. The van der Waals surface area contributed by atoms with Gasteiger partial charge in [0.25, 0.3) is 0 Å². The number of likely N-dealkylation sites (tertiary alicyclic amines) is 1. The maximum Gasteiger partial charge on any atom is 0.498 e. The van der Waals surface area contributed by atoms with Crippen molar-refractivity contribution in [2.45, 2.75) is 96.2 Å². The molecule has 9 nitrogen and oxygen atoms in total. The Kier molecular flexibility index (Phi) is 8.43. The monoisotopic (exact) mass is 506 g/mol. The second-order valence-corrected chi connectivity index (χ2v) is 12.3. The molecule has 2 atom stereocenters. The quantitative estimate of drug-likeness (QED) is 0.357. The number of ether oxygens (including phenoxy) is 1. The number of nitrogens with one attached hydrogen (secondary N) is 1. The van der Waals surface area contributed by atoms with Crippen molar-refractivity contribution in [1.82, 2.24) is 20.2 Å². The Morgan fingerprint density at radius 1 is 1.23 bits per heavy atom. The van der Waals surface area contributed by atoms with E-state index in [4.69, 9.17) is 14.0 Å². The number of amides is 2. The molecule has 1 aromatic rings. The molecule has 11 heteroatoms. The van der Waals surface area contributed by atoms with Crippen LogP contribution in [0.4, 0.5) is 4.79 Å². The summed E-state index contributed by atoms with van der Waals surface area (Å²) in [7, 11) is -0.478. The van der Waals surface area contributed by atoms with Crippen LogP contribution < -0.4 is 10.8 Å². The van der Waals surface area contributed by atoms with E-state index in [0.29, 0.717) is 24.2 Å². The van der Waals surface area contributed by atoms with Gasteiger partial charge in [-0.25, -0.2) is 14.8 Å². The zero-order valence-electron chi connectivity index (χ0n) is 22.2. The number of piperidine rings is 1. The third-order valence-electron chi connectivity index (χ3n) is 6.56. The van der Waals surface area contributed by atoms with Crippen molar-refractivity contribution in [2.75, 3.05) is 18.8 Å². The molecule has 0 bridgehead atoms. The SMILES string of the molecule is C[C@@H](NC(=O)OC(C)(C)C)C(=O)N1CCC[C@@H](CSc2ncc(B3OC(C)(C)C(C)(C)O3)cn2)C1. The van der Waals surface area contributed by atoms with E-state index in [0.717, 1.165) is 24.1 Å². The van der Waals surface area contributed by atoms with Gasteiger partial charge < -0.3 is 24.3 Å². The first kappa shape index (κ1) is 27.7. The third-order valence-corrected chi connectivity index (χ3v) is 7.66. The molecule has 2 fully saturated rings. The number of aromatic nitrogens is 2. The molecule has 0 saturated carbocycles. The molecule has 2 amide bonds. The summed E-state index contributed by atoms with van der Waals surface area (Å²) < 4.78 is 17.4. The lowest BCUT2D eigenvalue weighted by molar-refractivity contribution is -0.134. The van der Waals surface area contributed by atoms with Crippen molar-refractivity contribution >= 4 is 36.3 Å². The Bertz CT molecular complexity index is 890. The molecule has 194 valence electrons. The van der Waals surface area contributed by atoms with Gasteiger partial charge in [-0.1, -0.05) is 11.8 Å². The van der Waals surface area contributed by atoms with Crippen molar-refractivity contribution in [3.63, 3.8) is 0 Å². The van der Waals surface area contributed by atoms with E-state index in [1.165, 1.54) is 0 Å². The van der Waals surface area contributed by atoms with E-state index in [2.05, 4.69) is 15.3 Å². The highest BCUT2D eigenvalue weighted by molar-refractivity contribution is 7.99. The summed E-state index contributed by atoms with van der Waals surface area (Å²) in [6.45, 7) is 16.5. The normalized spacial score (nSPS) is 22.6. The maximum absolute atomic E-state index is 12.9. The van der Waals surface area contributed by atoms with Crippen molar-refractivity contribution in [2.24, 2.45) is 5.92 Å². The molecule has 1 aromatic heterocycles. The van der Waals surface area contributed by atoms with Gasteiger partial charge in [0, 0.05) is 36.7 Å². The zero-order chi connectivity index (χ0) is 26.0. The van der Waals surface area contributed by atoms with Crippen LogP contribution in [0.2, 0.25) is 0 Å². The van der Waals surface area contributed by atoms with Crippen LogP contribution in [0.1, 0.15) is 68.2 Å². The van der Waals surface area contributed by atoms with Gasteiger partial charge in [-0.15, -0.1) is 0 Å². The van der Waals surface area contributed by atoms with Crippen LogP contribution in [0, 0.1) is 5.92 Å². The Balaban J connectivity index is 1.48. The summed E-state index contributed by atoms with van der Waals surface area (Å²) in [6.07, 6.45) is 4.91. The molecule has 0 aliphatic carbocycles. The minimum Gasteiger partial charge on any atom is -0.444 e. The lowest BCUT2D eigenvalue weighted by atomic mass is 9.81. The predicted molar refractivity (Wildman–Crippen MR) is 137 cm³/mol. The minimum atomic E-state index is -0.637. The number of hydrogen-bond acceptors (Lipinski definition) is 8. The van der Waals surface area contributed by atoms with Crippen LogP contribution in [0.3, 0.4) is 0 Å². The Hall–Kier alpha value is -1.85. The van der Waals surface area contributed by atoms with Gasteiger partial charge in [0.05, 0.1) is 11.2 Å². The molecule has 2 saturated heterocycles. The smallest absolute Gasteiger partial charge is 0.444 e. The van der Waals surface area contributed by atoms with Crippen LogP contribution in [-0.2, 0) is 18.8 Å². The molecule has 2 aliphatic rings. The van der Waals surface area contributed by atoms with Gasteiger partial charge in [-0.3, -0.25) is 4.79 Å². The first-order valence-electron chi connectivity index (χ1n) is 12.3. The highest BCUT2D eigenvalue weighted by Crippen LogP contribution is 2.36. The van der Waals surface area contributed by atoms with Crippen LogP contribution >= 0.6 is 11.8 Å². The van der Waals surface area contributed by atoms with Gasteiger partial charge in [-0.05, 0) is 74.1 Å². The van der Waals surface area contributed by atoms with Gasteiger partial charge in [0.2, 0.25) is 5.91 Å². The molecule has 0 radical (unpaired) electrons. The highest BCUT2D eigenvalue weighted by atomic mass is 32.2. The second kappa shape index (κ2) is 10.6. The van der Waals surface area contributed by atoms with Gasteiger partial charge in [0.1, 0.15) is 11.6 Å². The summed E-state index contributed by atoms with van der Waals surface area (Å²) in [5.74, 6) is 1.06. The summed E-state index contributed by atoms with van der Waals surface area (Å²) >= 11 is 1.59. The molecule has 0 spiro atoms. The summed E-state index contributed by atoms with van der Waals surface area (Å²) in [6, 6.07) is -0.637. The molecule has 3 heterocycles. The van der Waals surface area contributed by atoms with Gasteiger partial charge >= 0.3 is 13.2 Å². The van der Waals surface area contributed by atoms with E-state index in [9.17, 15) is 9.59 Å². The number of alkyl carbamates (subject to hydrolysis) is 1. The average Bonchev–Trinajstić information content (AvgIpc) is 2.97. The number of thioether (sulfide) groups is 1. The van der Waals surface area contributed by atoms with Crippen LogP contribution in [0.15, 0.2) is 17.6 Å². The molecule has 35 heavy (non-hydrogen) atoms. The van der Waals surface area contributed by atoms with Gasteiger partial charge in [0.15, 0.2) is 5.16 Å². The fourth-order valence-corrected chi connectivity index (χ4v) is 4.83. The standard InChI is InChI=1S/C24H39BN4O5S/c1-16(28-21(31)32-22(2,3)4)19(30)29-11-9-10-17(14-29)15-35-20-26-12-18(13-27-20)25-33-23(5,6)24(7,8)34-25/h12-13,16-17H,9-11,14-15H2,1-8H3,(H,28,31)/t16-,17-/m1/s1. The molecule has 3 rings (SSSR count). The molecule has 2 aliphatic heterocycles. The number of nitrogens with zero attached hydrogens (tertiary/aromatic N) is 3. The molecule has 0 aromatic carbocycles. The largest absolute Gasteiger partial charge is 0.498 e. The summed E-state index contributed by atoms with van der Waals surface area (Å²) in [4.78, 5) is 35.7. The lowest BCUT2D eigenvalue weighted by Gasteiger charge is -2.34. The zero-order valence-corrected chi connectivity index (χ0v) is 23.0. The van der Waals surface area contributed by atoms with Crippen molar-refractivity contribution in [3.05, 3.63) is 12.4 Å². The minimum absolute atomic E-state index is 0.0893. The van der Waals surface area contributed by atoms with E-state index < -0.39 is 36.1 Å². The number of hydrogen-bond donors (Lipinski definition) is 1. The van der Waals surface area contributed by atoms with Crippen LogP contribution in [0.5, 0.6) is 0 Å². The fraction of sp³-hybridized carbons (Fsp3) is 0.750. The molecular formula is C24H39BN4O5S. The maximum atomic E-state index is 12.9. The van der Waals surface area contributed by atoms with E-state index in [1.807, 2.05) is 32.6 Å². The van der Waals surface area contributed by atoms with E-state index in [-0.39, 0.29) is 5.91 Å². The van der Waals surface area contributed by atoms with Crippen molar-refractivity contribution < 1.29 is 23.6 Å². The number of carbonyl (C=O) groups excluding carboxylic acids is 2. The summed E-state index contributed by atoms with van der Waals surface area (Å²) in [5.41, 5.74) is -0.621. The molecular weight excluding hydrogens is 467 g/mol. The first-order valence-corrected chi connectivity index (χ1v) is 13.2. The summed E-state index contributed by atoms with van der Waals surface area (Å²) in [5, 5.41) is 3.34. The Morgan fingerprint density at radius 2 is 1.83 bits per heavy atom. The number of carbonyl (C=O) groups is 2. The molecule has 1 N–H and O–H groups in total. The average molecular weight is 506 g/mol. The Labute approximate surface area is 213 Å². The van der Waals surface area contributed by atoms with Gasteiger partial charge in [-0.2, -0.15) is 0 Å². The number of rotatable bonds is 6. The molecule has 0 unspecified atom stereocenters. The predicted octanol–water partition coefficient (Wildman–Crippen LogP) is 3.02. The van der Waals surface area contributed by atoms with E-state index >= 15 is 0 Å². The Morgan fingerprint density at radius 3 is 2.40 bits per heavy atom. The first-order chi connectivity index (χ1) is 16.2. The van der Waals surface area contributed by atoms with Crippen molar-refractivity contribution in [1.29, 1.82) is 0 Å². The topological polar surface area (TPSA) is 103 Å². The highest BCUT2D eigenvalue weighted by Gasteiger charge is 2.52. The van der Waals surface area contributed by atoms with Crippen LogP contribution in [0.25, 0.3) is 0 Å². The second-order valence-electron chi connectivity index (χ2n) is 11.4. The fourth-order valence-electron chi connectivity index (χ4n) is 3.92. The van der Waals surface area contributed by atoms with Crippen LogP contribution in [-0.4, -0.2) is 75.7 Å².